The minimum Gasteiger partial charge on any atom is -0.338 e. The van der Waals surface area contributed by atoms with Gasteiger partial charge < -0.3 is 15.2 Å². The summed E-state index contributed by atoms with van der Waals surface area (Å²) in [4.78, 5) is 6.46. The number of rotatable bonds is 2. The van der Waals surface area contributed by atoms with Crippen LogP contribution in [0, 0.1) is 5.92 Å². The zero-order valence-corrected chi connectivity index (χ0v) is 9.31. The molecule has 1 aromatic rings. The normalized spacial score (nSPS) is 24.2. The number of anilines is 1. The van der Waals surface area contributed by atoms with Crippen molar-refractivity contribution >= 4 is 5.95 Å². The summed E-state index contributed by atoms with van der Waals surface area (Å²) >= 11 is 0. The summed E-state index contributed by atoms with van der Waals surface area (Å²) in [6, 6.07) is -0.187. The third-order valence-corrected chi connectivity index (χ3v) is 2.76. The molecular formula is C10H18N4O. The van der Waals surface area contributed by atoms with Crippen molar-refractivity contribution in [3.05, 3.63) is 5.89 Å². The van der Waals surface area contributed by atoms with Crippen LogP contribution in [0.2, 0.25) is 0 Å². The van der Waals surface area contributed by atoms with Crippen molar-refractivity contribution in [3.63, 3.8) is 0 Å². The van der Waals surface area contributed by atoms with E-state index < -0.39 is 0 Å². The molecule has 1 aromatic heterocycles. The maximum Gasteiger partial charge on any atom is 0.266 e. The van der Waals surface area contributed by atoms with Crippen LogP contribution < -0.4 is 10.6 Å². The third-order valence-electron chi connectivity index (χ3n) is 2.76. The molecule has 5 heteroatoms. The fourth-order valence-corrected chi connectivity index (χ4v) is 1.91. The van der Waals surface area contributed by atoms with Gasteiger partial charge >= 0.3 is 0 Å². The molecular weight excluding hydrogens is 192 g/mol. The zero-order valence-electron chi connectivity index (χ0n) is 9.31. The molecule has 84 valence electrons. The molecule has 2 rings (SSSR count). The van der Waals surface area contributed by atoms with Crippen molar-refractivity contribution < 1.29 is 4.52 Å². The second-order valence-electron chi connectivity index (χ2n) is 4.41. The van der Waals surface area contributed by atoms with Gasteiger partial charge in [-0.1, -0.05) is 6.92 Å². The first-order valence-electron chi connectivity index (χ1n) is 5.51. The maximum absolute atomic E-state index is 5.67. The van der Waals surface area contributed by atoms with Gasteiger partial charge in [-0.3, -0.25) is 0 Å². The number of nitrogens with two attached hydrogens (primary N) is 1. The standard InChI is InChI=1S/C10H18N4O/c1-7-4-3-5-14(6-7)10-12-9(8(2)11)15-13-10/h7-8H,3-6,11H2,1-2H3/t7?,8-/m0/s1. The van der Waals surface area contributed by atoms with E-state index in [9.17, 15) is 0 Å². The van der Waals surface area contributed by atoms with Gasteiger partial charge in [0.25, 0.3) is 5.95 Å². The molecule has 1 aliphatic rings. The van der Waals surface area contributed by atoms with Gasteiger partial charge in [-0.15, -0.1) is 0 Å². The molecule has 0 radical (unpaired) electrons. The average Bonchev–Trinajstić information content (AvgIpc) is 2.66. The minimum absolute atomic E-state index is 0.187. The molecule has 2 heterocycles. The minimum atomic E-state index is -0.187. The van der Waals surface area contributed by atoms with Crippen LogP contribution in [0.15, 0.2) is 4.52 Å². The van der Waals surface area contributed by atoms with E-state index in [2.05, 4.69) is 22.0 Å². The van der Waals surface area contributed by atoms with E-state index in [1.807, 2.05) is 6.92 Å². The largest absolute Gasteiger partial charge is 0.338 e. The number of nitrogens with zero attached hydrogens (tertiary/aromatic N) is 3. The average molecular weight is 210 g/mol. The summed E-state index contributed by atoms with van der Waals surface area (Å²) in [5.41, 5.74) is 5.67. The van der Waals surface area contributed by atoms with E-state index in [4.69, 9.17) is 10.3 Å². The lowest BCUT2D eigenvalue weighted by molar-refractivity contribution is 0.358. The molecule has 0 aromatic carbocycles. The van der Waals surface area contributed by atoms with Crippen molar-refractivity contribution in [1.82, 2.24) is 10.1 Å². The maximum atomic E-state index is 5.67. The fourth-order valence-electron chi connectivity index (χ4n) is 1.91. The van der Waals surface area contributed by atoms with Crippen LogP contribution in [-0.4, -0.2) is 23.2 Å². The van der Waals surface area contributed by atoms with E-state index in [1.165, 1.54) is 12.8 Å². The lowest BCUT2D eigenvalue weighted by Crippen LogP contribution is -2.34. The lowest BCUT2D eigenvalue weighted by Gasteiger charge is -2.29. The van der Waals surface area contributed by atoms with Crippen molar-refractivity contribution in [2.75, 3.05) is 18.0 Å². The summed E-state index contributed by atoms with van der Waals surface area (Å²) in [6.45, 7) is 6.12. The van der Waals surface area contributed by atoms with E-state index in [0.29, 0.717) is 17.8 Å². The molecule has 1 saturated heterocycles. The van der Waals surface area contributed by atoms with Crippen molar-refractivity contribution in [2.24, 2.45) is 11.7 Å². The Morgan fingerprint density at radius 3 is 3.00 bits per heavy atom. The van der Waals surface area contributed by atoms with E-state index in [0.717, 1.165) is 13.1 Å². The van der Waals surface area contributed by atoms with Crippen molar-refractivity contribution in [1.29, 1.82) is 0 Å². The van der Waals surface area contributed by atoms with Gasteiger partial charge in [0.1, 0.15) is 0 Å². The highest BCUT2D eigenvalue weighted by molar-refractivity contribution is 5.28. The SMILES string of the molecule is CC1CCCN(c2noc([C@H](C)N)n2)C1. The van der Waals surface area contributed by atoms with Crippen LogP contribution in [-0.2, 0) is 0 Å². The monoisotopic (exact) mass is 210 g/mol. The third kappa shape index (κ3) is 2.28. The fraction of sp³-hybridized carbons (Fsp3) is 0.800. The molecule has 0 amide bonds. The zero-order chi connectivity index (χ0) is 10.8. The molecule has 1 unspecified atom stereocenters. The summed E-state index contributed by atoms with van der Waals surface area (Å²) < 4.78 is 5.09. The summed E-state index contributed by atoms with van der Waals surface area (Å²) in [7, 11) is 0. The predicted octanol–water partition coefficient (Wildman–Crippen LogP) is 1.33. The Morgan fingerprint density at radius 1 is 1.60 bits per heavy atom. The summed E-state index contributed by atoms with van der Waals surface area (Å²) in [5.74, 6) is 1.91. The summed E-state index contributed by atoms with van der Waals surface area (Å²) in [5, 5.41) is 3.96. The molecule has 15 heavy (non-hydrogen) atoms. The van der Waals surface area contributed by atoms with Gasteiger partial charge in [0.05, 0.1) is 6.04 Å². The van der Waals surface area contributed by atoms with Gasteiger partial charge in [0.15, 0.2) is 0 Å². The Bertz CT molecular complexity index is 323. The molecule has 2 N–H and O–H groups in total. The van der Waals surface area contributed by atoms with Crippen LogP contribution in [0.3, 0.4) is 0 Å². The first-order valence-corrected chi connectivity index (χ1v) is 5.51. The first-order chi connectivity index (χ1) is 7.16. The Labute approximate surface area is 89.6 Å². The topological polar surface area (TPSA) is 68.2 Å². The van der Waals surface area contributed by atoms with Gasteiger partial charge in [-0.05, 0) is 30.8 Å². The van der Waals surface area contributed by atoms with Crippen molar-refractivity contribution in [3.8, 4) is 0 Å². The van der Waals surface area contributed by atoms with E-state index in [-0.39, 0.29) is 6.04 Å². The Kier molecular flexibility index (Phi) is 2.90. The van der Waals surface area contributed by atoms with Crippen LogP contribution in [0.5, 0.6) is 0 Å². The molecule has 0 aliphatic carbocycles. The Morgan fingerprint density at radius 2 is 2.40 bits per heavy atom. The number of hydrogen-bond donors (Lipinski definition) is 1. The molecule has 1 fully saturated rings. The Balaban J connectivity index is 2.08. The van der Waals surface area contributed by atoms with Gasteiger partial charge in [-0.25, -0.2) is 0 Å². The van der Waals surface area contributed by atoms with Crippen LogP contribution >= 0.6 is 0 Å². The van der Waals surface area contributed by atoms with Gasteiger partial charge in [-0.2, -0.15) is 4.98 Å². The molecule has 0 bridgehead atoms. The molecule has 5 nitrogen and oxygen atoms in total. The van der Waals surface area contributed by atoms with Crippen LogP contribution in [0.25, 0.3) is 0 Å². The predicted molar refractivity (Wildman–Crippen MR) is 57.5 cm³/mol. The lowest BCUT2D eigenvalue weighted by atomic mass is 10.0. The summed E-state index contributed by atoms with van der Waals surface area (Å²) in [6.07, 6.45) is 2.48. The quantitative estimate of drug-likeness (QED) is 0.797. The highest BCUT2D eigenvalue weighted by atomic mass is 16.5. The van der Waals surface area contributed by atoms with Crippen LogP contribution in [0.4, 0.5) is 5.95 Å². The first kappa shape index (κ1) is 10.4. The van der Waals surface area contributed by atoms with E-state index >= 15 is 0 Å². The highest BCUT2D eigenvalue weighted by Crippen LogP contribution is 2.21. The molecule has 0 spiro atoms. The van der Waals surface area contributed by atoms with Crippen molar-refractivity contribution in [2.45, 2.75) is 32.7 Å². The van der Waals surface area contributed by atoms with E-state index in [1.54, 1.807) is 0 Å². The number of piperidine rings is 1. The second kappa shape index (κ2) is 4.18. The highest BCUT2D eigenvalue weighted by Gasteiger charge is 2.21. The second-order valence-corrected chi connectivity index (χ2v) is 4.41. The van der Waals surface area contributed by atoms with Crippen LogP contribution in [0.1, 0.15) is 38.6 Å². The smallest absolute Gasteiger partial charge is 0.266 e. The molecule has 0 saturated carbocycles. The molecule has 2 atom stereocenters. The van der Waals surface area contributed by atoms with Gasteiger partial charge in [0.2, 0.25) is 5.89 Å². The Hall–Kier alpha value is -1.10. The number of hydrogen-bond acceptors (Lipinski definition) is 5. The molecule has 1 aliphatic heterocycles. The van der Waals surface area contributed by atoms with Gasteiger partial charge in [0, 0.05) is 13.1 Å². The number of aromatic nitrogens is 2.